The number of hydrogen-bond acceptors (Lipinski definition) is 2. The van der Waals surface area contributed by atoms with Crippen LogP contribution in [0.2, 0.25) is 0 Å². The lowest BCUT2D eigenvalue weighted by Gasteiger charge is -1.79. The summed E-state index contributed by atoms with van der Waals surface area (Å²) in [6.45, 7) is 2.72. The van der Waals surface area contributed by atoms with Crippen molar-refractivity contribution in [3.05, 3.63) is 6.54 Å². The number of nitrogens with one attached hydrogen (secondary N) is 1. The molecule has 1 rings (SSSR count). The van der Waals surface area contributed by atoms with E-state index in [1.807, 2.05) is 6.54 Å². The molecule has 1 fully saturated rings. The summed E-state index contributed by atoms with van der Waals surface area (Å²) in [5.41, 5.74) is 2.60. The van der Waals surface area contributed by atoms with Crippen LogP contribution in [0.3, 0.4) is 0 Å². The predicted molar refractivity (Wildman–Crippen MR) is 18.0 cm³/mol. The van der Waals surface area contributed by atoms with Crippen LogP contribution >= 0.6 is 0 Å². The Balaban J connectivity index is 2.08. The second kappa shape index (κ2) is 1.38. The standard InChI is InChI=1S/C3H6NO/c1-2-4-5-3-1/h2,4H,1,3H2. The molecule has 1 aliphatic rings. The molecule has 29 valence electrons. The topological polar surface area (TPSA) is 21.3 Å². The van der Waals surface area contributed by atoms with Gasteiger partial charge < -0.3 is 4.84 Å². The Morgan fingerprint density at radius 3 is 3.00 bits per heavy atom. The first kappa shape index (κ1) is 3.12. The molecule has 0 bridgehead atoms. The molecule has 0 unspecified atom stereocenters. The van der Waals surface area contributed by atoms with Crippen molar-refractivity contribution in [3.63, 3.8) is 0 Å². The maximum Gasteiger partial charge on any atom is 0.0698 e. The van der Waals surface area contributed by atoms with Crippen LogP contribution in [0, 0.1) is 6.54 Å². The monoisotopic (exact) mass is 72.0 g/mol. The number of hydrogen-bond donors (Lipinski definition) is 1. The molecule has 0 aromatic heterocycles. The zero-order valence-electron chi connectivity index (χ0n) is 2.90. The average molecular weight is 72.1 g/mol. The fraction of sp³-hybridized carbons (Fsp3) is 0.667. The first-order valence-electron chi connectivity index (χ1n) is 1.69. The van der Waals surface area contributed by atoms with Crippen LogP contribution in [0.25, 0.3) is 0 Å². The van der Waals surface area contributed by atoms with Crippen LogP contribution in [0.5, 0.6) is 0 Å². The first-order chi connectivity index (χ1) is 2.50. The summed E-state index contributed by atoms with van der Waals surface area (Å²) in [6.07, 6.45) is 1.04. The minimum Gasteiger partial charge on any atom is -0.301 e. The maximum absolute atomic E-state index is 4.64. The van der Waals surface area contributed by atoms with E-state index >= 15 is 0 Å². The average Bonchev–Trinajstić information content (AvgIpc) is 1.76. The molecule has 2 heteroatoms. The molecule has 0 amide bonds. The zero-order chi connectivity index (χ0) is 3.54. The van der Waals surface area contributed by atoms with Gasteiger partial charge in [-0.2, -0.15) is 5.48 Å². The molecule has 1 aliphatic heterocycles. The molecule has 1 heterocycles. The molecule has 0 aromatic rings. The molecule has 0 aromatic carbocycles. The van der Waals surface area contributed by atoms with Crippen LogP contribution in [0.4, 0.5) is 0 Å². The molecule has 1 saturated heterocycles. The van der Waals surface area contributed by atoms with E-state index in [1.165, 1.54) is 0 Å². The summed E-state index contributed by atoms with van der Waals surface area (Å²) < 4.78 is 0. The number of rotatable bonds is 0. The maximum atomic E-state index is 4.64. The van der Waals surface area contributed by atoms with Gasteiger partial charge in [-0.1, -0.05) is 0 Å². The lowest BCUT2D eigenvalue weighted by atomic mass is 10.5. The van der Waals surface area contributed by atoms with E-state index in [0.717, 1.165) is 13.0 Å². The summed E-state index contributed by atoms with van der Waals surface area (Å²) in [5, 5.41) is 0. The van der Waals surface area contributed by atoms with Crippen molar-refractivity contribution >= 4 is 0 Å². The van der Waals surface area contributed by atoms with Gasteiger partial charge in [0.05, 0.1) is 13.2 Å². The van der Waals surface area contributed by atoms with E-state index in [2.05, 4.69) is 10.3 Å². The normalized spacial score (nSPS) is 24.0. The first-order valence-corrected chi connectivity index (χ1v) is 1.69. The van der Waals surface area contributed by atoms with Crippen molar-refractivity contribution in [1.82, 2.24) is 5.48 Å². The van der Waals surface area contributed by atoms with Gasteiger partial charge in [0.1, 0.15) is 0 Å². The van der Waals surface area contributed by atoms with E-state index < -0.39 is 0 Å². The van der Waals surface area contributed by atoms with Gasteiger partial charge in [-0.05, 0) is 6.42 Å². The van der Waals surface area contributed by atoms with Gasteiger partial charge in [0.15, 0.2) is 0 Å². The molecule has 0 saturated carbocycles. The summed E-state index contributed by atoms with van der Waals surface area (Å²) in [6, 6.07) is 0. The minimum absolute atomic E-state index is 0.833. The van der Waals surface area contributed by atoms with Crippen LogP contribution in [-0.2, 0) is 4.84 Å². The lowest BCUT2D eigenvalue weighted by molar-refractivity contribution is 0.110. The third kappa shape index (κ3) is 0.597. The van der Waals surface area contributed by atoms with Gasteiger partial charge in [0, 0.05) is 0 Å². The molecule has 0 atom stereocenters. The van der Waals surface area contributed by atoms with Crippen molar-refractivity contribution in [2.24, 2.45) is 0 Å². The van der Waals surface area contributed by atoms with Crippen molar-refractivity contribution in [2.75, 3.05) is 6.61 Å². The summed E-state index contributed by atoms with van der Waals surface area (Å²) >= 11 is 0. The Morgan fingerprint density at radius 2 is 2.80 bits per heavy atom. The molecule has 0 spiro atoms. The SMILES string of the molecule is [CH]1CCON1. The highest BCUT2D eigenvalue weighted by Gasteiger charge is 1.94. The van der Waals surface area contributed by atoms with Crippen LogP contribution in [0.1, 0.15) is 6.42 Å². The summed E-state index contributed by atoms with van der Waals surface area (Å²) in [7, 11) is 0. The smallest absolute Gasteiger partial charge is 0.0698 e. The fourth-order valence-corrected chi connectivity index (χ4v) is 0.295. The van der Waals surface area contributed by atoms with Crippen LogP contribution in [-0.4, -0.2) is 6.61 Å². The van der Waals surface area contributed by atoms with E-state index in [4.69, 9.17) is 0 Å². The highest BCUT2D eigenvalue weighted by molar-refractivity contribution is 4.58. The highest BCUT2D eigenvalue weighted by atomic mass is 16.6. The predicted octanol–water partition coefficient (Wildman–Crippen LogP) is 0.0731. The Labute approximate surface area is 31.1 Å². The van der Waals surface area contributed by atoms with Gasteiger partial charge >= 0.3 is 0 Å². The zero-order valence-corrected chi connectivity index (χ0v) is 2.90. The molecular weight excluding hydrogens is 66.0 g/mol. The summed E-state index contributed by atoms with van der Waals surface area (Å²) in [4.78, 5) is 4.64. The van der Waals surface area contributed by atoms with Crippen molar-refractivity contribution < 1.29 is 4.84 Å². The van der Waals surface area contributed by atoms with Gasteiger partial charge in [-0.25, -0.2) is 0 Å². The Kier molecular flexibility index (Phi) is 0.862. The Bertz CT molecular complexity index is 18.5. The quantitative estimate of drug-likeness (QED) is 0.437. The largest absolute Gasteiger partial charge is 0.301 e. The third-order valence-corrected chi connectivity index (χ3v) is 0.531. The van der Waals surface area contributed by atoms with Gasteiger partial charge in [-0.3, -0.25) is 0 Å². The van der Waals surface area contributed by atoms with E-state index in [-0.39, 0.29) is 0 Å². The second-order valence-corrected chi connectivity index (χ2v) is 0.959. The van der Waals surface area contributed by atoms with Crippen LogP contribution < -0.4 is 5.48 Å². The molecule has 0 aliphatic carbocycles. The highest BCUT2D eigenvalue weighted by Crippen LogP contribution is 1.89. The number of hydroxylamine groups is 1. The molecule has 1 radical (unpaired) electrons. The van der Waals surface area contributed by atoms with Gasteiger partial charge in [0.2, 0.25) is 0 Å². The fourth-order valence-electron chi connectivity index (χ4n) is 0.295. The van der Waals surface area contributed by atoms with Crippen molar-refractivity contribution in [3.8, 4) is 0 Å². The molecular formula is C3H6NO. The van der Waals surface area contributed by atoms with Gasteiger partial charge in [-0.15, -0.1) is 0 Å². The molecule has 5 heavy (non-hydrogen) atoms. The Morgan fingerprint density at radius 1 is 1.80 bits per heavy atom. The van der Waals surface area contributed by atoms with Crippen LogP contribution in [0.15, 0.2) is 0 Å². The molecule has 1 N–H and O–H groups in total. The third-order valence-electron chi connectivity index (χ3n) is 0.531. The minimum atomic E-state index is 0.833. The summed E-state index contributed by atoms with van der Waals surface area (Å²) in [5.74, 6) is 0. The Hall–Kier alpha value is -0.0800. The van der Waals surface area contributed by atoms with E-state index in [1.54, 1.807) is 0 Å². The van der Waals surface area contributed by atoms with Gasteiger partial charge in [0.25, 0.3) is 0 Å². The van der Waals surface area contributed by atoms with Crippen molar-refractivity contribution in [2.45, 2.75) is 6.42 Å². The second-order valence-electron chi connectivity index (χ2n) is 0.959. The molecule has 2 nitrogen and oxygen atoms in total. The lowest BCUT2D eigenvalue weighted by Crippen LogP contribution is -1.96. The van der Waals surface area contributed by atoms with E-state index in [9.17, 15) is 0 Å². The van der Waals surface area contributed by atoms with E-state index in [0.29, 0.717) is 0 Å². The van der Waals surface area contributed by atoms with Crippen molar-refractivity contribution in [1.29, 1.82) is 0 Å².